The van der Waals surface area contributed by atoms with Crippen LogP contribution in [0.3, 0.4) is 0 Å². The van der Waals surface area contributed by atoms with Crippen molar-refractivity contribution in [2.75, 3.05) is 10.6 Å². The van der Waals surface area contributed by atoms with Crippen LogP contribution in [0.2, 0.25) is 0 Å². The molecule has 27 heavy (non-hydrogen) atoms. The maximum atomic E-state index is 13.0. The molecule has 4 rings (SSSR count). The number of carbonyl (C=O) groups excluding carboxylic acids is 1. The van der Waals surface area contributed by atoms with Gasteiger partial charge in [0.25, 0.3) is 0 Å². The van der Waals surface area contributed by atoms with Crippen LogP contribution in [-0.4, -0.2) is 26.0 Å². The molecule has 7 nitrogen and oxygen atoms in total. The molecule has 0 aliphatic carbocycles. The Balaban J connectivity index is 1.67. The minimum Gasteiger partial charge on any atom is -0.308 e. The van der Waals surface area contributed by atoms with Gasteiger partial charge in [-0.15, -0.1) is 0 Å². The van der Waals surface area contributed by atoms with Gasteiger partial charge in [0, 0.05) is 23.6 Å². The first-order valence-corrected chi connectivity index (χ1v) is 8.07. The molecule has 0 aliphatic rings. The zero-order valence-electron chi connectivity index (χ0n) is 13.9. The molecule has 0 saturated heterocycles. The minimum absolute atomic E-state index is 0.228. The summed E-state index contributed by atoms with van der Waals surface area (Å²) in [5.41, 5.74) is 1.96. The number of halogens is 1. The third-order valence-corrected chi connectivity index (χ3v) is 3.70. The molecular weight excluding hydrogens is 347 g/mol. The lowest BCUT2D eigenvalue weighted by atomic mass is 10.2. The summed E-state index contributed by atoms with van der Waals surface area (Å²) in [6.07, 6.45) is 3.02. The molecule has 2 aromatic heterocycles. The van der Waals surface area contributed by atoms with Crippen LogP contribution in [0.4, 0.5) is 20.7 Å². The van der Waals surface area contributed by atoms with Gasteiger partial charge in [0.2, 0.25) is 0 Å². The normalized spacial score (nSPS) is 10.6. The number of benzene rings is 2. The fourth-order valence-electron chi connectivity index (χ4n) is 2.47. The van der Waals surface area contributed by atoms with Crippen LogP contribution >= 0.6 is 0 Å². The van der Waals surface area contributed by atoms with Crippen molar-refractivity contribution in [3.63, 3.8) is 0 Å². The fraction of sp³-hybridized carbons (Fsp3) is 0. The van der Waals surface area contributed by atoms with E-state index in [-0.39, 0.29) is 11.6 Å². The second-order valence-corrected chi connectivity index (χ2v) is 5.58. The number of hydrogen-bond donors (Lipinski definition) is 2. The molecule has 2 aromatic carbocycles. The van der Waals surface area contributed by atoms with Gasteiger partial charge in [0.15, 0.2) is 22.8 Å². The molecule has 0 aliphatic heterocycles. The van der Waals surface area contributed by atoms with Gasteiger partial charge >= 0.3 is 6.03 Å². The van der Waals surface area contributed by atoms with E-state index in [9.17, 15) is 9.18 Å². The summed E-state index contributed by atoms with van der Waals surface area (Å²) in [6.45, 7) is 0. The van der Waals surface area contributed by atoms with Crippen molar-refractivity contribution in [1.29, 1.82) is 0 Å². The smallest absolute Gasteiger partial charge is 0.308 e. The molecule has 8 heteroatoms. The highest BCUT2D eigenvalue weighted by molar-refractivity contribution is 6.03. The molecule has 2 heterocycles. The summed E-state index contributed by atoms with van der Waals surface area (Å²) >= 11 is 0. The van der Waals surface area contributed by atoms with Gasteiger partial charge in [-0.05, 0) is 24.3 Å². The van der Waals surface area contributed by atoms with Crippen LogP contribution in [0.15, 0.2) is 67.0 Å². The molecule has 0 bridgehead atoms. The van der Waals surface area contributed by atoms with E-state index in [0.717, 1.165) is 5.56 Å². The summed E-state index contributed by atoms with van der Waals surface area (Å²) < 4.78 is 13.0. The van der Waals surface area contributed by atoms with Crippen LogP contribution in [0.1, 0.15) is 0 Å². The van der Waals surface area contributed by atoms with E-state index in [2.05, 4.69) is 30.6 Å². The predicted molar refractivity (Wildman–Crippen MR) is 99.6 cm³/mol. The number of nitrogens with one attached hydrogen (secondary N) is 2. The lowest BCUT2D eigenvalue weighted by Crippen LogP contribution is -2.21. The van der Waals surface area contributed by atoms with Crippen molar-refractivity contribution in [3.8, 4) is 11.4 Å². The molecule has 2 N–H and O–H groups in total. The minimum atomic E-state index is -0.536. The molecule has 2 amide bonds. The SMILES string of the molecule is O=C(Nc1ccc(F)cc1)Nc1nc(-c2ccccc2)nc2nccnc12. The van der Waals surface area contributed by atoms with Gasteiger partial charge in [0.1, 0.15) is 5.82 Å². The molecule has 0 saturated carbocycles. The number of rotatable bonds is 3. The molecule has 0 spiro atoms. The highest BCUT2D eigenvalue weighted by Gasteiger charge is 2.13. The van der Waals surface area contributed by atoms with E-state index in [4.69, 9.17) is 0 Å². The van der Waals surface area contributed by atoms with Crippen LogP contribution in [0, 0.1) is 5.82 Å². The number of aromatic nitrogens is 4. The van der Waals surface area contributed by atoms with Crippen molar-refractivity contribution >= 4 is 28.7 Å². The first kappa shape index (κ1) is 16.5. The Morgan fingerprint density at radius 1 is 0.852 bits per heavy atom. The first-order valence-electron chi connectivity index (χ1n) is 8.07. The van der Waals surface area contributed by atoms with E-state index < -0.39 is 6.03 Å². The largest absolute Gasteiger partial charge is 0.324 e. The zero-order valence-corrected chi connectivity index (χ0v) is 13.9. The topological polar surface area (TPSA) is 92.7 Å². The lowest BCUT2D eigenvalue weighted by molar-refractivity contribution is 0.262. The third kappa shape index (κ3) is 3.69. The van der Waals surface area contributed by atoms with Crippen molar-refractivity contribution in [3.05, 3.63) is 72.8 Å². The Labute approximate surface area is 153 Å². The fourth-order valence-corrected chi connectivity index (χ4v) is 2.47. The Kier molecular flexibility index (Phi) is 4.36. The summed E-state index contributed by atoms with van der Waals surface area (Å²) in [7, 11) is 0. The van der Waals surface area contributed by atoms with Crippen LogP contribution in [-0.2, 0) is 0 Å². The standard InChI is InChI=1S/C19H13FN6O/c20-13-6-8-14(9-7-13)23-19(27)26-18-15-17(22-11-10-21-15)24-16(25-18)12-4-2-1-3-5-12/h1-11H,(H2,22,23,24,25,26,27). The monoisotopic (exact) mass is 360 g/mol. The molecule has 0 atom stereocenters. The highest BCUT2D eigenvalue weighted by atomic mass is 19.1. The number of fused-ring (bicyclic) bond motifs is 1. The number of carbonyl (C=O) groups is 1. The number of hydrogen-bond acceptors (Lipinski definition) is 5. The summed E-state index contributed by atoms with van der Waals surface area (Å²) in [5, 5.41) is 5.28. The van der Waals surface area contributed by atoms with Crippen molar-refractivity contribution in [1.82, 2.24) is 19.9 Å². The first-order chi connectivity index (χ1) is 13.2. The Bertz CT molecular complexity index is 1100. The average molecular weight is 360 g/mol. The second kappa shape index (κ2) is 7.12. The molecular formula is C19H13FN6O. The van der Waals surface area contributed by atoms with Gasteiger partial charge in [0.05, 0.1) is 0 Å². The Morgan fingerprint density at radius 3 is 2.37 bits per heavy atom. The Morgan fingerprint density at radius 2 is 1.59 bits per heavy atom. The summed E-state index contributed by atoms with van der Waals surface area (Å²) in [5.74, 6) is 0.262. The summed E-state index contributed by atoms with van der Waals surface area (Å²) in [6, 6.07) is 14.3. The summed E-state index contributed by atoms with van der Waals surface area (Å²) in [4.78, 5) is 29.6. The quantitative estimate of drug-likeness (QED) is 0.578. The third-order valence-electron chi connectivity index (χ3n) is 3.70. The van der Waals surface area contributed by atoms with Crippen molar-refractivity contribution in [2.24, 2.45) is 0 Å². The van der Waals surface area contributed by atoms with Gasteiger partial charge < -0.3 is 5.32 Å². The predicted octanol–water partition coefficient (Wildman–Crippen LogP) is 3.87. The maximum absolute atomic E-state index is 13.0. The molecule has 0 fully saturated rings. The van der Waals surface area contributed by atoms with Gasteiger partial charge in [-0.1, -0.05) is 30.3 Å². The van der Waals surface area contributed by atoms with E-state index >= 15 is 0 Å². The molecule has 0 unspecified atom stereocenters. The van der Waals surface area contributed by atoms with Crippen LogP contribution in [0.25, 0.3) is 22.6 Å². The maximum Gasteiger partial charge on any atom is 0.324 e. The zero-order chi connectivity index (χ0) is 18.6. The molecule has 4 aromatic rings. The van der Waals surface area contributed by atoms with E-state index in [1.165, 1.54) is 36.7 Å². The second-order valence-electron chi connectivity index (χ2n) is 5.58. The van der Waals surface area contributed by atoms with Crippen molar-refractivity contribution in [2.45, 2.75) is 0 Å². The average Bonchev–Trinajstić information content (AvgIpc) is 2.70. The molecule has 132 valence electrons. The van der Waals surface area contributed by atoms with Crippen molar-refractivity contribution < 1.29 is 9.18 Å². The number of nitrogens with zero attached hydrogens (tertiary/aromatic N) is 4. The van der Waals surface area contributed by atoms with Gasteiger partial charge in [-0.25, -0.2) is 29.1 Å². The highest BCUT2D eigenvalue weighted by Crippen LogP contribution is 2.22. The number of amides is 2. The number of anilines is 2. The van der Waals surface area contributed by atoms with Crippen LogP contribution < -0.4 is 10.6 Å². The van der Waals surface area contributed by atoms with Gasteiger partial charge in [-0.3, -0.25) is 5.32 Å². The number of urea groups is 1. The van der Waals surface area contributed by atoms with Crippen LogP contribution in [0.5, 0.6) is 0 Å². The van der Waals surface area contributed by atoms with E-state index in [1.54, 1.807) is 0 Å². The lowest BCUT2D eigenvalue weighted by Gasteiger charge is -2.10. The molecule has 0 radical (unpaired) electrons. The van der Waals surface area contributed by atoms with E-state index in [0.29, 0.717) is 22.7 Å². The van der Waals surface area contributed by atoms with E-state index in [1.807, 2.05) is 30.3 Å². The Hall–Kier alpha value is -3.94. The van der Waals surface area contributed by atoms with Gasteiger partial charge in [-0.2, -0.15) is 0 Å².